The lowest BCUT2D eigenvalue weighted by atomic mass is 9.67. The van der Waals surface area contributed by atoms with Gasteiger partial charge >= 0.3 is 0 Å². The molecule has 0 aromatic heterocycles. The number of carbonyl (C=O) groups excluding carboxylic acids is 3. The lowest BCUT2D eigenvalue weighted by Crippen LogP contribution is -2.56. The zero-order valence-corrected chi connectivity index (χ0v) is 16.0. The predicted octanol–water partition coefficient (Wildman–Crippen LogP) is 0.981. The SMILES string of the molecule is O=C1CCC(N2Cc3ccc(CN4CNCC5(CCC5)C4)cc3C2=O)C(=O)N1. The first-order valence-corrected chi connectivity index (χ1v) is 10.2. The Hall–Kier alpha value is -2.25. The number of carbonyl (C=O) groups is 3. The maximum Gasteiger partial charge on any atom is 0.255 e. The molecule has 148 valence electrons. The second-order valence-corrected chi connectivity index (χ2v) is 8.82. The Morgan fingerprint density at radius 1 is 1.18 bits per heavy atom. The van der Waals surface area contributed by atoms with E-state index in [-0.39, 0.29) is 24.1 Å². The van der Waals surface area contributed by atoms with Crippen molar-refractivity contribution in [2.75, 3.05) is 19.8 Å². The second kappa shape index (κ2) is 6.67. The molecule has 3 fully saturated rings. The van der Waals surface area contributed by atoms with Crippen LogP contribution in [0.2, 0.25) is 0 Å². The number of hydrogen-bond donors (Lipinski definition) is 2. The van der Waals surface area contributed by atoms with Gasteiger partial charge < -0.3 is 10.2 Å². The number of rotatable bonds is 3. The number of imide groups is 1. The molecule has 1 aliphatic carbocycles. The van der Waals surface area contributed by atoms with Gasteiger partial charge in [0.15, 0.2) is 0 Å². The molecule has 0 bridgehead atoms. The van der Waals surface area contributed by atoms with Crippen molar-refractivity contribution >= 4 is 17.7 Å². The maximum atomic E-state index is 13.0. The van der Waals surface area contributed by atoms with Crippen molar-refractivity contribution in [3.8, 4) is 0 Å². The smallest absolute Gasteiger partial charge is 0.255 e. The number of fused-ring (bicyclic) bond motifs is 1. The summed E-state index contributed by atoms with van der Waals surface area (Å²) in [6.45, 7) is 4.39. The molecule has 5 rings (SSSR count). The van der Waals surface area contributed by atoms with Crippen LogP contribution >= 0.6 is 0 Å². The Morgan fingerprint density at radius 2 is 2.04 bits per heavy atom. The van der Waals surface area contributed by atoms with Crippen LogP contribution in [0.15, 0.2) is 18.2 Å². The summed E-state index contributed by atoms with van der Waals surface area (Å²) in [4.78, 5) is 40.6. The molecule has 4 aliphatic rings. The molecule has 28 heavy (non-hydrogen) atoms. The third-order valence-corrected chi connectivity index (χ3v) is 6.81. The Kier molecular flexibility index (Phi) is 4.25. The van der Waals surface area contributed by atoms with E-state index >= 15 is 0 Å². The van der Waals surface area contributed by atoms with Gasteiger partial charge in [0.25, 0.3) is 5.91 Å². The van der Waals surface area contributed by atoms with Crippen molar-refractivity contribution in [1.82, 2.24) is 20.4 Å². The number of nitrogens with one attached hydrogen (secondary N) is 2. The van der Waals surface area contributed by atoms with Crippen LogP contribution in [-0.4, -0.2) is 53.3 Å². The van der Waals surface area contributed by atoms with Gasteiger partial charge in [0, 0.05) is 44.8 Å². The minimum Gasteiger partial charge on any atom is -0.322 e. The summed E-state index contributed by atoms with van der Waals surface area (Å²) in [5, 5.41) is 5.90. The van der Waals surface area contributed by atoms with Gasteiger partial charge in [-0.05, 0) is 41.9 Å². The van der Waals surface area contributed by atoms with E-state index in [0.29, 0.717) is 23.9 Å². The number of amides is 3. The van der Waals surface area contributed by atoms with Crippen LogP contribution in [-0.2, 0) is 22.7 Å². The van der Waals surface area contributed by atoms with Crippen LogP contribution < -0.4 is 10.6 Å². The zero-order chi connectivity index (χ0) is 19.3. The molecule has 3 heterocycles. The molecule has 3 aliphatic heterocycles. The Labute approximate surface area is 164 Å². The lowest BCUT2D eigenvalue weighted by molar-refractivity contribution is -0.136. The maximum absolute atomic E-state index is 13.0. The molecule has 2 saturated heterocycles. The summed E-state index contributed by atoms with van der Waals surface area (Å²) >= 11 is 0. The molecule has 1 aromatic rings. The van der Waals surface area contributed by atoms with Crippen molar-refractivity contribution in [3.63, 3.8) is 0 Å². The minimum atomic E-state index is -0.550. The van der Waals surface area contributed by atoms with E-state index in [9.17, 15) is 14.4 Å². The van der Waals surface area contributed by atoms with Crippen LogP contribution in [0.25, 0.3) is 0 Å². The minimum absolute atomic E-state index is 0.0985. The highest BCUT2D eigenvalue weighted by Crippen LogP contribution is 2.42. The fraction of sp³-hybridized carbons (Fsp3) is 0.571. The third-order valence-electron chi connectivity index (χ3n) is 6.81. The van der Waals surface area contributed by atoms with E-state index < -0.39 is 6.04 Å². The summed E-state index contributed by atoms with van der Waals surface area (Å²) in [5.74, 6) is -0.714. The Bertz CT molecular complexity index is 848. The molecule has 1 saturated carbocycles. The van der Waals surface area contributed by atoms with Crippen LogP contribution in [0.5, 0.6) is 0 Å². The highest BCUT2D eigenvalue weighted by atomic mass is 16.2. The number of benzene rings is 1. The van der Waals surface area contributed by atoms with Gasteiger partial charge in [-0.15, -0.1) is 0 Å². The standard InChI is InChI=1S/C21H26N4O3/c26-18-5-4-17(19(27)23-18)25-10-15-3-2-14(8-16(15)20(25)28)9-24-12-21(6-1-7-21)11-22-13-24/h2-3,8,17,22H,1,4-7,9-13H2,(H,23,26,27). The van der Waals surface area contributed by atoms with E-state index in [0.717, 1.165) is 37.4 Å². The highest BCUT2D eigenvalue weighted by Gasteiger charge is 2.41. The quantitative estimate of drug-likeness (QED) is 0.762. The van der Waals surface area contributed by atoms with E-state index in [4.69, 9.17) is 0 Å². The van der Waals surface area contributed by atoms with Crippen molar-refractivity contribution in [1.29, 1.82) is 0 Å². The van der Waals surface area contributed by atoms with Gasteiger partial charge in [-0.3, -0.25) is 24.6 Å². The van der Waals surface area contributed by atoms with Crippen LogP contribution in [0, 0.1) is 5.41 Å². The molecule has 7 nitrogen and oxygen atoms in total. The molecule has 1 aromatic carbocycles. The average molecular weight is 382 g/mol. The van der Waals surface area contributed by atoms with Gasteiger partial charge in [0.2, 0.25) is 11.8 Å². The topological polar surface area (TPSA) is 81.8 Å². The summed E-state index contributed by atoms with van der Waals surface area (Å²) in [6.07, 6.45) is 4.63. The number of hydrogen-bond acceptors (Lipinski definition) is 5. The van der Waals surface area contributed by atoms with E-state index in [1.54, 1.807) is 4.90 Å². The highest BCUT2D eigenvalue weighted by molar-refractivity contribution is 6.05. The summed E-state index contributed by atoms with van der Waals surface area (Å²) in [5.41, 5.74) is 3.25. The Morgan fingerprint density at radius 3 is 2.79 bits per heavy atom. The van der Waals surface area contributed by atoms with E-state index in [1.165, 1.54) is 19.3 Å². The summed E-state index contributed by atoms with van der Waals surface area (Å²) < 4.78 is 0. The lowest BCUT2D eigenvalue weighted by Gasteiger charge is -2.49. The zero-order valence-electron chi connectivity index (χ0n) is 16.0. The van der Waals surface area contributed by atoms with Crippen LogP contribution in [0.3, 0.4) is 0 Å². The number of piperidine rings is 1. The van der Waals surface area contributed by atoms with Crippen molar-refractivity contribution in [2.45, 2.75) is 51.2 Å². The molecule has 2 N–H and O–H groups in total. The molecular formula is C21H26N4O3. The van der Waals surface area contributed by atoms with Gasteiger partial charge in [0.1, 0.15) is 6.04 Å². The molecule has 0 radical (unpaired) electrons. The monoisotopic (exact) mass is 382 g/mol. The first kappa shape index (κ1) is 17.8. The van der Waals surface area contributed by atoms with Crippen molar-refractivity contribution in [2.24, 2.45) is 5.41 Å². The third kappa shape index (κ3) is 3.02. The molecule has 3 amide bonds. The molecule has 1 unspecified atom stereocenters. The normalized spacial score (nSPS) is 26.9. The largest absolute Gasteiger partial charge is 0.322 e. The van der Waals surface area contributed by atoms with E-state index in [2.05, 4.69) is 21.6 Å². The van der Waals surface area contributed by atoms with Gasteiger partial charge in [-0.2, -0.15) is 0 Å². The van der Waals surface area contributed by atoms with Crippen LogP contribution in [0.1, 0.15) is 53.6 Å². The fourth-order valence-electron chi connectivity index (χ4n) is 5.15. The van der Waals surface area contributed by atoms with Gasteiger partial charge in [-0.1, -0.05) is 18.6 Å². The molecule has 1 atom stereocenters. The summed E-state index contributed by atoms with van der Waals surface area (Å²) in [6, 6.07) is 5.56. The Balaban J connectivity index is 1.29. The molecular weight excluding hydrogens is 356 g/mol. The molecule has 1 spiro atoms. The van der Waals surface area contributed by atoms with Crippen molar-refractivity contribution < 1.29 is 14.4 Å². The van der Waals surface area contributed by atoms with Crippen LogP contribution in [0.4, 0.5) is 0 Å². The summed E-state index contributed by atoms with van der Waals surface area (Å²) in [7, 11) is 0. The average Bonchev–Trinajstić information content (AvgIpc) is 2.97. The van der Waals surface area contributed by atoms with Gasteiger partial charge in [0.05, 0.1) is 0 Å². The van der Waals surface area contributed by atoms with E-state index in [1.807, 2.05) is 12.1 Å². The first-order valence-electron chi connectivity index (χ1n) is 10.2. The van der Waals surface area contributed by atoms with Crippen molar-refractivity contribution in [3.05, 3.63) is 34.9 Å². The molecule has 7 heteroatoms. The number of nitrogens with zero attached hydrogens (tertiary/aromatic N) is 2. The second-order valence-electron chi connectivity index (χ2n) is 8.82. The van der Waals surface area contributed by atoms with Gasteiger partial charge in [-0.25, -0.2) is 0 Å². The fourth-order valence-corrected chi connectivity index (χ4v) is 5.15. The first-order chi connectivity index (χ1) is 13.5. The predicted molar refractivity (Wildman–Crippen MR) is 102 cm³/mol.